The number of hydrogen-bond acceptors (Lipinski definition) is 4. The lowest BCUT2D eigenvalue weighted by Crippen LogP contribution is -2.52. The van der Waals surface area contributed by atoms with Crippen LogP contribution >= 0.6 is 0 Å². The molecule has 0 radical (unpaired) electrons. The molecule has 202 valence electrons. The Kier molecular flexibility index (Phi) is 10.0. The van der Waals surface area contributed by atoms with Crippen molar-refractivity contribution in [1.29, 1.82) is 0 Å². The van der Waals surface area contributed by atoms with E-state index >= 15 is 0 Å². The monoisotopic (exact) mass is 539 g/mol. The fourth-order valence-corrected chi connectivity index (χ4v) is 5.65. The van der Waals surface area contributed by atoms with Gasteiger partial charge in [-0.2, -0.15) is 0 Å². The van der Waals surface area contributed by atoms with Crippen LogP contribution in [-0.4, -0.2) is 44.3 Å². The number of carbonyl (C=O) groups excluding carboxylic acids is 2. The normalized spacial score (nSPS) is 12.0. The number of amides is 2. The molecule has 0 aliphatic heterocycles. The summed E-state index contributed by atoms with van der Waals surface area (Å²) in [5.41, 5.74) is 1.67. The molecule has 0 fully saturated rings. The summed E-state index contributed by atoms with van der Waals surface area (Å²) in [6.45, 7) is 5.45. The number of anilines is 1. The van der Waals surface area contributed by atoms with Gasteiger partial charge in [0.1, 0.15) is 18.4 Å². The van der Waals surface area contributed by atoms with Crippen molar-refractivity contribution < 1.29 is 22.4 Å². The summed E-state index contributed by atoms with van der Waals surface area (Å²) >= 11 is 0. The van der Waals surface area contributed by atoms with Gasteiger partial charge in [-0.1, -0.05) is 62.4 Å². The average molecular weight is 540 g/mol. The molecule has 0 spiro atoms. The molecule has 3 aromatic rings. The van der Waals surface area contributed by atoms with Crippen molar-refractivity contribution in [2.24, 2.45) is 0 Å². The van der Waals surface area contributed by atoms with Crippen LogP contribution in [0.5, 0.6) is 0 Å². The SMILES string of the molecule is CCCNC(=O)C(CC)N(Cc1ccc(F)cc1)C(=O)CN(c1ccccc1C)S(=O)(=O)c1ccccc1. The first-order valence-corrected chi connectivity index (χ1v) is 14.1. The van der Waals surface area contributed by atoms with E-state index in [9.17, 15) is 22.4 Å². The number of hydrogen-bond donors (Lipinski definition) is 1. The number of carbonyl (C=O) groups is 2. The molecule has 0 saturated heterocycles. The lowest BCUT2D eigenvalue weighted by Gasteiger charge is -2.33. The molecule has 0 bridgehead atoms. The fourth-order valence-electron chi connectivity index (χ4n) is 4.15. The first-order chi connectivity index (χ1) is 18.2. The zero-order valence-electron chi connectivity index (χ0n) is 21.9. The van der Waals surface area contributed by atoms with Gasteiger partial charge in [0, 0.05) is 13.1 Å². The van der Waals surface area contributed by atoms with Crippen LogP contribution in [0.3, 0.4) is 0 Å². The Labute approximate surface area is 224 Å². The summed E-state index contributed by atoms with van der Waals surface area (Å²) in [7, 11) is -4.11. The van der Waals surface area contributed by atoms with Crippen molar-refractivity contribution in [2.75, 3.05) is 17.4 Å². The van der Waals surface area contributed by atoms with Gasteiger partial charge in [-0.25, -0.2) is 12.8 Å². The highest BCUT2D eigenvalue weighted by atomic mass is 32.2. The van der Waals surface area contributed by atoms with Gasteiger partial charge in [-0.05, 0) is 61.2 Å². The second-order valence-electron chi connectivity index (χ2n) is 8.97. The maximum atomic E-state index is 13.9. The molecule has 38 heavy (non-hydrogen) atoms. The average Bonchev–Trinajstić information content (AvgIpc) is 2.92. The largest absolute Gasteiger partial charge is 0.354 e. The number of nitrogens with one attached hydrogen (secondary N) is 1. The summed E-state index contributed by atoms with van der Waals surface area (Å²) in [5, 5.41) is 2.84. The van der Waals surface area contributed by atoms with Crippen molar-refractivity contribution in [2.45, 2.75) is 51.1 Å². The van der Waals surface area contributed by atoms with E-state index in [1.807, 2.05) is 6.92 Å². The van der Waals surface area contributed by atoms with E-state index in [4.69, 9.17) is 0 Å². The molecular weight excluding hydrogens is 505 g/mol. The van der Waals surface area contributed by atoms with Gasteiger partial charge in [0.15, 0.2) is 0 Å². The standard InChI is InChI=1S/C29H34FN3O4S/c1-4-19-31-29(35)26(5-2)32(20-23-15-17-24(30)18-16-23)28(34)21-33(27-14-10-9-11-22(27)3)38(36,37)25-12-7-6-8-13-25/h6-18,26H,4-5,19-21H2,1-3H3,(H,31,35). The Morgan fingerprint density at radius 2 is 1.55 bits per heavy atom. The molecule has 3 aromatic carbocycles. The van der Waals surface area contributed by atoms with Crippen LogP contribution in [0.1, 0.15) is 37.8 Å². The Bertz CT molecular complexity index is 1330. The van der Waals surface area contributed by atoms with Crippen LogP contribution in [0.15, 0.2) is 83.8 Å². The molecule has 1 N–H and O–H groups in total. The Morgan fingerprint density at radius 3 is 2.16 bits per heavy atom. The molecule has 0 heterocycles. The second-order valence-corrected chi connectivity index (χ2v) is 10.8. The van der Waals surface area contributed by atoms with E-state index in [1.165, 1.54) is 29.2 Å². The number of nitrogens with zero attached hydrogens (tertiary/aromatic N) is 2. The molecule has 3 rings (SSSR count). The minimum atomic E-state index is -4.11. The molecular formula is C29H34FN3O4S. The predicted molar refractivity (Wildman–Crippen MR) is 146 cm³/mol. The molecule has 0 aliphatic carbocycles. The van der Waals surface area contributed by atoms with Gasteiger partial charge >= 0.3 is 0 Å². The van der Waals surface area contributed by atoms with Crippen LogP contribution in [0.4, 0.5) is 10.1 Å². The minimum Gasteiger partial charge on any atom is -0.354 e. The number of para-hydroxylation sites is 1. The predicted octanol–water partition coefficient (Wildman–Crippen LogP) is 4.66. The summed E-state index contributed by atoms with van der Waals surface area (Å²) in [5.74, 6) is -1.28. The first kappa shape index (κ1) is 28.8. The molecule has 1 atom stereocenters. The number of aryl methyl sites for hydroxylation is 1. The molecule has 0 aliphatic rings. The van der Waals surface area contributed by atoms with Crippen LogP contribution < -0.4 is 9.62 Å². The van der Waals surface area contributed by atoms with Crippen molar-refractivity contribution in [3.8, 4) is 0 Å². The van der Waals surface area contributed by atoms with Crippen LogP contribution in [0.2, 0.25) is 0 Å². The molecule has 7 nitrogen and oxygen atoms in total. The fraction of sp³-hybridized carbons (Fsp3) is 0.310. The smallest absolute Gasteiger partial charge is 0.264 e. The molecule has 9 heteroatoms. The van der Waals surface area contributed by atoms with Crippen LogP contribution in [0, 0.1) is 12.7 Å². The maximum absolute atomic E-state index is 13.9. The topological polar surface area (TPSA) is 86.8 Å². The minimum absolute atomic E-state index is 0.0180. The van der Waals surface area contributed by atoms with E-state index < -0.39 is 34.3 Å². The second kappa shape index (κ2) is 13.2. The van der Waals surface area contributed by atoms with Crippen molar-refractivity contribution in [3.05, 3.63) is 95.8 Å². The zero-order valence-corrected chi connectivity index (χ0v) is 22.7. The lowest BCUT2D eigenvalue weighted by molar-refractivity contribution is -0.140. The molecule has 2 amide bonds. The van der Waals surface area contributed by atoms with Gasteiger partial charge in [0.25, 0.3) is 10.0 Å². The summed E-state index contributed by atoms with van der Waals surface area (Å²) in [6, 6.07) is 19.7. The van der Waals surface area contributed by atoms with Gasteiger partial charge in [-0.15, -0.1) is 0 Å². The third-order valence-corrected chi connectivity index (χ3v) is 7.97. The summed E-state index contributed by atoms with van der Waals surface area (Å²) in [4.78, 5) is 28.4. The van der Waals surface area contributed by atoms with E-state index in [-0.39, 0.29) is 17.3 Å². The molecule has 0 aromatic heterocycles. The highest BCUT2D eigenvalue weighted by molar-refractivity contribution is 7.92. The Balaban J connectivity index is 2.04. The van der Waals surface area contributed by atoms with E-state index in [0.717, 1.165) is 10.7 Å². The van der Waals surface area contributed by atoms with E-state index in [2.05, 4.69) is 5.32 Å². The number of benzene rings is 3. The van der Waals surface area contributed by atoms with E-state index in [1.54, 1.807) is 68.4 Å². The van der Waals surface area contributed by atoms with Gasteiger partial charge in [0.05, 0.1) is 10.6 Å². The van der Waals surface area contributed by atoms with Gasteiger partial charge in [0.2, 0.25) is 11.8 Å². The van der Waals surface area contributed by atoms with Gasteiger partial charge in [-0.3, -0.25) is 13.9 Å². The Hall–Kier alpha value is -3.72. The third-order valence-electron chi connectivity index (χ3n) is 6.20. The van der Waals surface area contributed by atoms with Crippen molar-refractivity contribution in [1.82, 2.24) is 10.2 Å². The molecule has 1 unspecified atom stereocenters. The zero-order chi connectivity index (χ0) is 27.7. The van der Waals surface area contributed by atoms with E-state index in [0.29, 0.717) is 29.8 Å². The van der Waals surface area contributed by atoms with Crippen LogP contribution in [-0.2, 0) is 26.2 Å². The summed E-state index contributed by atoms with van der Waals surface area (Å²) in [6.07, 6.45) is 1.04. The first-order valence-electron chi connectivity index (χ1n) is 12.6. The third kappa shape index (κ3) is 6.98. The highest BCUT2D eigenvalue weighted by Crippen LogP contribution is 2.27. The van der Waals surface area contributed by atoms with Crippen molar-refractivity contribution >= 4 is 27.5 Å². The quantitative estimate of drug-likeness (QED) is 0.363. The Morgan fingerprint density at radius 1 is 0.921 bits per heavy atom. The maximum Gasteiger partial charge on any atom is 0.264 e. The number of sulfonamides is 1. The lowest BCUT2D eigenvalue weighted by atomic mass is 10.1. The van der Waals surface area contributed by atoms with Crippen LogP contribution in [0.25, 0.3) is 0 Å². The number of halogens is 1. The van der Waals surface area contributed by atoms with Crippen molar-refractivity contribution in [3.63, 3.8) is 0 Å². The summed E-state index contributed by atoms with van der Waals surface area (Å²) < 4.78 is 42.2. The molecule has 0 saturated carbocycles. The number of rotatable bonds is 12. The highest BCUT2D eigenvalue weighted by Gasteiger charge is 2.34. The van der Waals surface area contributed by atoms with Gasteiger partial charge < -0.3 is 10.2 Å².